The standard InChI is InChI=1S/C18H13F2IN6O2/c19-18(20,21)14-5-12(10-3-1-2-4-11(10)24-14)26-8-13-16(26)27(13)17-22-6-9(7-23-17)15(28)25-29/h1-7,13,16,29H,8H2,(H,25,28)/t13?,16-,27?/m1/s1. The smallest absolute Gasteiger partial charge is 0.338 e. The number of rotatable bonds is 4. The Morgan fingerprint density at radius 1 is 1.28 bits per heavy atom. The van der Waals surface area contributed by atoms with Crippen LogP contribution in [0.1, 0.15) is 16.1 Å². The summed E-state index contributed by atoms with van der Waals surface area (Å²) in [5, 5.41) is 9.47. The number of carbonyl (C=O) groups is 1. The predicted molar refractivity (Wildman–Crippen MR) is 108 cm³/mol. The van der Waals surface area contributed by atoms with Crippen LogP contribution in [-0.2, 0) is 3.93 Å². The Bertz CT molecular complexity index is 1120. The summed E-state index contributed by atoms with van der Waals surface area (Å²) in [6.07, 6.45) is 2.62. The third-order valence-corrected chi connectivity index (χ3v) is 5.68. The molecule has 2 fully saturated rings. The lowest BCUT2D eigenvalue weighted by Gasteiger charge is -2.31. The van der Waals surface area contributed by atoms with Gasteiger partial charge in [-0.15, -0.1) is 0 Å². The molecule has 2 aliphatic rings. The molecule has 4 heterocycles. The van der Waals surface area contributed by atoms with Crippen LogP contribution >= 0.6 is 22.6 Å². The number of anilines is 2. The van der Waals surface area contributed by atoms with Crippen LogP contribution in [0.2, 0.25) is 0 Å². The molecule has 2 aromatic heterocycles. The van der Waals surface area contributed by atoms with Crippen LogP contribution in [0.15, 0.2) is 42.7 Å². The van der Waals surface area contributed by atoms with Crippen LogP contribution < -0.4 is 15.3 Å². The average molecular weight is 510 g/mol. The second-order valence-corrected chi connectivity index (χ2v) is 8.15. The number of aromatic nitrogens is 3. The van der Waals surface area contributed by atoms with Gasteiger partial charge < -0.3 is 9.80 Å². The van der Waals surface area contributed by atoms with E-state index in [-0.39, 0.29) is 23.5 Å². The molecule has 5 rings (SSSR count). The molecule has 1 aromatic carbocycles. The van der Waals surface area contributed by atoms with Gasteiger partial charge in [-0.3, -0.25) is 10.0 Å². The first-order chi connectivity index (χ1) is 13.9. The van der Waals surface area contributed by atoms with E-state index in [4.69, 9.17) is 5.21 Å². The highest BCUT2D eigenvalue weighted by Crippen LogP contribution is 2.48. The Balaban J connectivity index is 1.46. The van der Waals surface area contributed by atoms with Crippen molar-refractivity contribution in [1.82, 2.24) is 20.4 Å². The second kappa shape index (κ2) is 6.42. The predicted octanol–water partition coefficient (Wildman–Crippen LogP) is 2.66. The molecular weight excluding hydrogens is 497 g/mol. The monoisotopic (exact) mass is 510 g/mol. The molecule has 3 aromatic rings. The van der Waals surface area contributed by atoms with Crippen molar-refractivity contribution in [3.05, 3.63) is 54.0 Å². The van der Waals surface area contributed by atoms with E-state index >= 15 is 0 Å². The van der Waals surface area contributed by atoms with Crippen molar-refractivity contribution in [3.8, 4) is 0 Å². The average Bonchev–Trinajstić information content (AvgIpc) is 3.30. The zero-order valence-corrected chi connectivity index (χ0v) is 16.8. The number of amides is 1. The molecule has 0 saturated carbocycles. The maximum atomic E-state index is 14.0. The third kappa shape index (κ3) is 2.95. The normalized spacial score (nSPS) is 20.3. The van der Waals surface area contributed by atoms with E-state index in [1.165, 1.54) is 23.9 Å². The second-order valence-electron chi connectivity index (χ2n) is 6.79. The lowest BCUT2D eigenvalue weighted by atomic mass is 10.1. The zero-order valence-electron chi connectivity index (χ0n) is 14.6. The number of pyridine rings is 1. The van der Waals surface area contributed by atoms with Gasteiger partial charge in [-0.25, -0.2) is 20.4 Å². The lowest BCUT2D eigenvalue weighted by molar-refractivity contribution is 0.0705. The van der Waals surface area contributed by atoms with Crippen molar-refractivity contribution in [1.29, 1.82) is 0 Å². The van der Waals surface area contributed by atoms with Crippen molar-refractivity contribution in [2.75, 3.05) is 16.3 Å². The van der Waals surface area contributed by atoms with Crippen molar-refractivity contribution in [2.45, 2.75) is 16.1 Å². The molecule has 0 radical (unpaired) electrons. The number of hydroxylamine groups is 1. The first kappa shape index (κ1) is 18.4. The van der Waals surface area contributed by atoms with Crippen LogP contribution in [0.5, 0.6) is 0 Å². The number of hydrogen-bond acceptors (Lipinski definition) is 7. The number of alkyl halides is 3. The van der Waals surface area contributed by atoms with Crippen molar-refractivity contribution in [3.63, 3.8) is 0 Å². The first-order valence-corrected chi connectivity index (χ1v) is 9.75. The number of hydrogen-bond donors (Lipinski definition) is 2. The van der Waals surface area contributed by atoms with Crippen molar-refractivity contribution in [2.24, 2.45) is 0 Å². The fourth-order valence-electron chi connectivity index (χ4n) is 3.66. The SMILES string of the molecule is O=C(NO)c1cnc(N2C3CN(c4cc(C(F)(F)I)nc5ccccc45)[C@@H]32)nc1. The summed E-state index contributed by atoms with van der Waals surface area (Å²) < 4.78 is 24.8. The highest BCUT2D eigenvalue weighted by Gasteiger charge is 2.62. The van der Waals surface area contributed by atoms with Gasteiger partial charge >= 0.3 is 3.93 Å². The summed E-state index contributed by atoms with van der Waals surface area (Å²) in [5.74, 6) is -0.253. The first-order valence-electron chi connectivity index (χ1n) is 8.67. The lowest BCUT2D eigenvalue weighted by Crippen LogP contribution is -2.42. The molecule has 29 heavy (non-hydrogen) atoms. The summed E-state index contributed by atoms with van der Waals surface area (Å²) in [6, 6.07) is 8.84. The van der Waals surface area contributed by atoms with Gasteiger partial charge in [0.25, 0.3) is 5.91 Å². The van der Waals surface area contributed by atoms with Gasteiger partial charge in [-0.05, 0) is 12.1 Å². The number of benzene rings is 1. The number of halogens is 3. The molecule has 1 amide bonds. The van der Waals surface area contributed by atoms with Gasteiger partial charge in [-0.2, -0.15) is 8.78 Å². The number of nitrogens with zero attached hydrogens (tertiary/aromatic N) is 5. The molecular formula is C18H13F2IN6O2. The van der Waals surface area contributed by atoms with E-state index in [0.717, 1.165) is 28.0 Å². The maximum absolute atomic E-state index is 14.0. The molecule has 2 atom stereocenters. The number of carbonyl (C=O) groups excluding carboxylic acids is 1. The van der Waals surface area contributed by atoms with E-state index < -0.39 is 9.84 Å². The van der Waals surface area contributed by atoms with Crippen LogP contribution in [0.3, 0.4) is 0 Å². The molecule has 1 unspecified atom stereocenters. The van der Waals surface area contributed by atoms with Gasteiger partial charge in [0.2, 0.25) is 5.95 Å². The summed E-state index contributed by atoms with van der Waals surface area (Å²) in [7, 11) is 0. The van der Waals surface area contributed by atoms with E-state index in [1.54, 1.807) is 12.1 Å². The molecule has 11 heteroatoms. The summed E-state index contributed by atoms with van der Waals surface area (Å²) in [6.45, 7) is 0.646. The van der Waals surface area contributed by atoms with Crippen LogP contribution in [0.25, 0.3) is 10.9 Å². The quantitative estimate of drug-likeness (QED) is 0.183. The van der Waals surface area contributed by atoms with Gasteiger partial charge in [0.1, 0.15) is 11.9 Å². The topological polar surface area (TPSA) is 94.2 Å². The highest BCUT2D eigenvalue weighted by molar-refractivity contribution is 14.1. The third-order valence-electron chi connectivity index (χ3n) is 5.13. The summed E-state index contributed by atoms with van der Waals surface area (Å²) in [5.41, 5.74) is 2.60. The van der Waals surface area contributed by atoms with Crippen molar-refractivity contribution < 1.29 is 18.8 Å². The number of para-hydroxylation sites is 1. The molecule has 2 saturated heterocycles. The fourth-order valence-corrected chi connectivity index (χ4v) is 3.94. The van der Waals surface area contributed by atoms with Crippen molar-refractivity contribution >= 4 is 51.0 Å². The number of fused-ring (bicyclic) bond motifs is 2. The zero-order chi connectivity index (χ0) is 20.3. The Hall–Kier alpha value is -2.67. The Morgan fingerprint density at radius 2 is 2.00 bits per heavy atom. The molecule has 8 nitrogen and oxygen atoms in total. The van der Waals surface area contributed by atoms with E-state index in [1.807, 2.05) is 21.9 Å². The Labute approximate surface area is 176 Å². The largest absolute Gasteiger partial charge is 0.346 e. The minimum Gasteiger partial charge on any atom is -0.346 e. The minimum atomic E-state index is -3.07. The van der Waals surface area contributed by atoms with E-state index in [0.29, 0.717) is 23.7 Å². The van der Waals surface area contributed by atoms with Crippen LogP contribution in [0.4, 0.5) is 20.4 Å². The molecule has 0 aliphatic carbocycles. The molecule has 0 bridgehead atoms. The van der Waals surface area contributed by atoms with Gasteiger partial charge in [0.15, 0.2) is 0 Å². The summed E-state index contributed by atoms with van der Waals surface area (Å²) >= 11 is 1.09. The van der Waals surface area contributed by atoms with Crippen LogP contribution in [0, 0.1) is 0 Å². The summed E-state index contributed by atoms with van der Waals surface area (Å²) in [4.78, 5) is 27.9. The van der Waals surface area contributed by atoms with E-state index in [2.05, 4.69) is 15.0 Å². The highest BCUT2D eigenvalue weighted by atomic mass is 127. The maximum Gasteiger partial charge on any atom is 0.338 e. The number of nitrogens with one attached hydrogen (secondary N) is 1. The van der Waals surface area contributed by atoms with Gasteiger partial charge in [0, 0.05) is 52.6 Å². The molecule has 0 spiro atoms. The minimum absolute atomic E-state index is 0.0333. The van der Waals surface area contributed by atoms with Gasteiger partial charge in [0.05, 0.1) is 17.1 Å². The Kier molecular flexibility index (Phi) is 4.07. The van der Waals surface area contributed by atoms with Crippen LogP contribution in [-0.4, -0.2) is 44.8 Å². The van der Waals surface area contributed by atoms with E-state index in [9.17, 15) is 13.6 Å². The molecule has 148 valence electrons. The Morgan fingerprint density at radius 3 is 2.69 bits per heavy atom. The fraction of sp³-hybridized carbons (Fsp3) is 0.222. The van der Waals surface area contributed by atoms with Gasteiger partial charge in [-0.1, -0.05) is 18.2 Å². The molecule has 2 aliphatic heterocycles. The molecule has 2 N–H and O–H groups in total.